The third kappa shape index (κ3) is 4.88. The van der Waals surface area contributed by atoms with Crippen molar-refractivity contribution in [2.45, 2.75) is 65.5 Å². The van der Waals surface area contributed by atoms with Gasteiger partial charge in [0.2, 0.25) is 0 Å². The normalized spacial score (nSPS) is 14.0. The molecule has 9 heteroatoms. The van der Waals surface area contributed by atoms with Crippen molar-refractivity contribution in [1.82, 2.24) is 9.47 Å². The zero-order chi connectivity index (χ0) is 25.0. The predicted octanol–water partition coefficient (Wildman–Crippen LogP) is 4.48. The Morgan fingerprint density at radius 1 is 1.18 bits per heavy atom. The lowest BCUT2D eigenvalue weighted by atomic mass is 9.93. The maximum Gasteiger partial charge on any atom is 0.354 e. The van der Waals surface area contributed by atoms with Gasteiger partial charge in [-0.15, -0.1) is 0 Å². The average molecular weight is 470 g/mol. The van der Waals surface area contributed by atoms with Gasteiger partial charge in [0.25, 0.3) is 11.6 Å². The molecule has 0 spiro atoms. The Hall–Kier alpha value is -3.49. The van der Waals surface area contributed by atoms with E-state index < -0.39 is 16.8 Å². The second kappa shape index (κ2) is 10.6. The highest BCUT2D eigenvalue weighted by Gasteiger charge is 2.32. The van der Waals surface area contributed by atoms with E-state index in [1.54, 1.807) is 23.3 Å². The Morgan fingerprint density at radius 3 is 2.44 bits per heavy atom. The number of methoxy groups -OCH3 is 1. The summed E-state index contributed by atoms with van der Waals surface area (Å²) in [4.78, 5) is 51.7. The Bertz CT molecular complexity index is 1110. The first-order valence-corrected chi connectivity index (χ1v) is 11.6. The number of rotatable bonds is 8. The molecule has 1 aromatic heterocycles. The highest BCUT2D eigenvalue weighted by Crippen LogP contribution is 2.28. The number of nitrogens with zero attached hydrogens (tertiary/aromatic N) is 3. The summed E-state index contributed by atoms with van der Waals surface area (Å²) in [6.45, 7) is 5.70. The number of ether oxygens (including phenoxy) is 1. The quantitative estimate of drug-likeness (QED) is 0.244. The molecule has 9 nitrogen and oxygen atoms in total. The molecular weight excluding hydrogens is 438 g/mol. The number of non-ortho nitro benzene ring substituents is 1. The van der Waals surface area contributed by atoms with E-state index in [2.05, 4.69) is 0 Å². The van der Waals surface area contributed by atoms with Gasteiger partial charge in [-0.1, -0.05) is 25.3 Å². The van der Waals surface area contributed by atoms with Crippen LogP contribution in [0.15, 0.2) is 24.3 Å². The van der Waals surface area contributed by atoms with Crippen LogP contribution < -0.4 is 0 Å². The number of benzene rings is 1. The van der Waals surface area contributed by atoms with Gasteiger partial charge in [-0.3, -0.25) is 19.7 Å². The minimum absolute atomic E-state index is 0.126. The summed E-state index contributed by atoms with van der Waals surface area (Å²) < 4.78 is 6.67. The second-order valence-corrected chi connectivity index (χ2v) is 8.63. The van der Waals surface area contributed by atoms with E-state index in [1.807, 2.05) is 6.92 Å². The smallest absolute Gasteiger partial charge is 0.354 e. The van der Waals surface area contributed by atoms with Crippen molar-refractivity contribution in [2.24, 2.45) is 0 Å². The van der Waals surface area contributed by atoms with E-state index in [4.69, 9.17) is 4.74 Å². The number of carbonyl (C=O) groups is 3. The molecule has 1 aliphatic carbocycles. The summed E-state index contributed by atoms with van der Waals surface area (Å²) in [6, 6.07) is 5.47. The van der Waals surface area contributed by atoms with Crippen LogP contribution in [0.3, 0.4) is 0 Å². The van der Waals surface area contributed by atoms with E-state index in [1.165, 1.54) is 31.4 Å². The lowest BCUT2D eigenvalue weighted by molar-refractivity contribution is -0.384. The van der Waals surface area contributed by atoms with Crippen LogP contribution >= 0.6 is 0 Å². The molecule has 0 atom stereocenters. The molecule has 1 heterocycles. The molecule has 0 unspecified atom stereocenters. The number of nitro groups is 1. The first-order chi connectivity index (χ1) is 16.2. The number of hydrogen-bond donors (Lipinski definition) is 0. The number of aromatic nitrogens is 1. The van der Waals surface area contributed by atoms with Gasteiger partial charge < -0.3 is 14.2 Å². The fourth-order valence-electron chi connectivity index (χ4n) is 4.97. The summed E-state index contributed by atoms with van der Waals surface area (Å²) in [6.07, 6.45) is 4.52. The zero-order valence-electron chi connectivity index (χ0n) is 20.1. The van der Waals surface area contributed by atoms with Gasteiger partial charge in [0, 0.05) is 41.5 Å². The largest absolute Gasteiger partial charge is 0.464 e. The van der Waals surface area contributed by atoms with Crippen LogP contribution in [-0.4, -0.2) is 51.7 Å². The number of carbonyl (C=O) groups excluding carboxylic acids is 3. The van der Waals surface area contributed by atoms with Gasteiger partial charge in [-0.2, -0.15) is 0 Å². The number of Topliss-reactive ketones (excluding diaryl/α,β-unsaturated/α-hetero) is 1. The van der Waals surface area contributed by atoms with Crippen molar-refractivity contribution in [2.75, 3.05) is 13.7 Å². The third-order valence-corrected chi connectivity index (χ3v) is 6.63. The second-order valence-electron chi connectivity index (χ2n) is 8.63. The van der Waals surface area contributed by atoms with Crippen LogP contribution in [0.5, 0.6) is 0 Å². The maximum atomic E-state index is 13.6. The van der Waals surface area contributed by atoms with Crippen LogP contribution in [0.25, 0.3) is 0 Å². The van der Waals surface area contributed by atoms with Crippen molar-refractivity contribution in [3.8, 4) is 0 Å². The van der Waals surface area contributed by atoms with Crippen LogP contribution in [0.2, 0.25) is 0 Å². The highest BCUT2D eigenvalue weighted by atomic mass is 16.6. The maximum absolute atomic E-state index is 13.6. The van der Waals surface area contributed by atoms with Crippen LogP contribution in [-0.2, 0) is 11.3 Å². The highest BCUT2D eigenvalue weighted by molar-refractivity contribution is 6.06. The zero-order valence-corrected chi connectivity index (χ0v) is 20.1. The minimum atomic E-state index is -0.540. The molecule has 1 saturated carbocycles. The van der Waals surface area contributed by atoms with Gasteiger partial charge in [-0.05, 0) is 45.2 Å². The number of ketones is 1. The molecule has 34 heavy (non-hydrogen) atoms. The monoisotopic (exact) mass is 469 g/mol. The topological polar surface area (TPSA) is 112 Å². The first kappa shape index (κ1) is 25.1. The van der Waals surface area contributed by atoms with Crippen molar-refractivity contribution in [3.63, 3.8) is 0 Å². The molecule has 0 radical (unpaired) electrons. The summed E-state index contributed by atoms with van der Waals surface area (Å²) >= 11 is 0. The van der Waals surface area contributed by atoms with E-state index in [-0.39, 0.29) is 29.6 Å². The minimum Gasteiger partial charge on any atom is -0.464 e. The molecule has 3 rings (SSSR count). The molecule has 1 aromatic carbocycles. The molecule has 0 saturated heterocycles. The lowest BCUT2D eigenvalue weighted by Gasteiger charge is -2.34. The van der Waals surface area contributed by atoms with Crippen LogP contribution in [0, 0.1) is 24.0 Å². The van der Waals surface area contributed by atoms with Crippen LogP contribution in [0.1, 0.15) is 81.5 Å². The van der Waals surface area contributed by atoms with Gasteiger partial charge in [-0.25, -0.2) is 4.79 Å². The predicted molar refractivity (Wildman–Crippen MR) is 126 cm³/mol. The molecular formula is C25H31N3O6. The van der Waals surface area contributed by atoms with E-state index >= 15 is 0 Å². The Kier molecular flexibility index (Phi) is 7.86. The Balaban J connectivity index is 1.99. The molecule has 0 bridgehead atoms. The number of amides is 1. The molecule has 1 amide bonds. The molecule has 0 N–H and O–H groups in total. The van der Waals surface area contributed by atoms with Crippen LogP contribution in [0.4, 0.5) is 5.69 Å². The van der Waals surface area contributed by atoms with E-state index in [0.29, 0.717) is 29.1 Å². The molecule has 1 aliphatic rings. The SMILES string of the molecule is CCn1c(C)c(C(=O)CN(C(=O)c2cccc([N+](=O)[O-])c2)C2CCCCC2)c(C)c1C(=O)OC. The summed E-state index contributed by atoms with van der Waals surface area (Å²) in [5.74, 6) is -1.18. The van der Waals surface area contributed by atoms with Crippen molar-refractivity contribution < 1.29 is 24.0 Å². The third-order valence-electron chi connectivity index (χ3n) is 6.63. The van der Waals surface area contributed by atoms with Crippen molar-refractivity contribution in [1.29, 1.82) is 0 Å². The number of esters is 1. The van der Waals surface area contributed by atoms with Crippen molar-refractivity contribution >= 4 is 23.3 Å². The summed E-state index contributed by atoms with van der Waals surface area (Å²) in [5.41, 5.74) is 1.94. The van der Waals surface area contributed by atoms with Gasteiger partial charge in [0.1, 0.15) is 5.69 Å². The molecule has 2 aromatic rings. The fourth-order valence-corrected chi connectivity index (χ4v) is 4.97. The summed E-state index contributed by atoms with van der Waals surface area (Å²) in [5, 5.41) is 11.2. The molecule has 1 fully saturated rings. The Morgan fingerprint density at radius 2 is 1.85 bits per heavy atom. The molecule has 0 aliphatic heterocycles. The molecule has 182 valence electrons. The fraction of sp³-hybridized carbons (Fsp3) is 0.480. The lowest BCUT2D eigenvalue weighted by Crippen LogP contribution is -2.44. The van der Waals surface area contributed by atoms with Gasteiger partial charge in [0.05, 0.1) is 18.6 Å². The van der Waals surface area contributed by atoms with E-state index in [0.717, 1.165) is 32.1 Å². The van der Waals surface area contributed by atoms with Gasteiger partial charge >= 0.3 is 5.97 Å². The van der Waals surface area contributed by atoms with Gasteiger partial charge in [0.15, 0.2) is 5.78 Å². The standard InChI is InChI=1S/C25H31N3O6/c1-5-26-17(3)22(16(2)23(26)25(31)34-4)21(29)15-27(19-11-7-6-8-12-19)24(30)18-10-9-13-20(14-18)28(32)33/h9-10,13-14,19H,5-8,11-12,15H2,1-4H3. The van der Waals surface area contributed by atoms with Crippen molar-refractivity contribution in [3.05, 3.63) is 62.5 Å². The van der Waals surface area contributed by atoms with E-state index in [9.17, 15) is 24.5 Å². The average Bonchev–Trinajstić information content (AvgIpc) is 3.11. The number of hydrogen-bond acceptors (Lipinski definition) is 6. The number of nitro benzene ring substituents is 1. The Labute approximate surface area is 198 Å². The first-order valence-electron chi connectivity index (χ1n) is 11.6. The summed E-state index contributed by atoms with van der Waals surface area (Å²) in [7, 11) is 1.30.